The van der Waals surface area contributed by atoms with Crippen LogP contribution >= 0.6 is 23.6 Å². The minimum Gasteiger partial charge on any atom is -0.303 e. The summed E-state index contributed by atoms with van der Waals surface area (Å²) in [6.07, 6.45) is 0. The van der Waals surface area contributed by atoms with Gasteiger partial charge in [0.2, 0.25) is 0 Å². The first kappa shape index (κ1) is 12.9. The Morgan fingerprint density at radius 3 is 2.80 bits per heavy atom. The summed E-state index contributed by atoms with van der Waals surface area (Å²) in [6.45, 7) is 0. The molecule has 3 aromatic heterocycles. The summed E-state index contributed by atoms with van der Waals surface area (Å²) < 4.78 is 3.46. The molecule has 0 aliphatic heterocycles. The Balaban J connectivity index is 2.28. The summed E-state index contributed by atoms with van der Waals surface area (Å²) in [5.41, 5.74) is 1.01. The molecule has 0 saturated heterocycles. The molecule has 0 aromatic carbocycles. The molecule has 102 valence electrons. The third-order valence-electron chi connectivity index (χ3n) is 2.96. The molecule has 0 spiro atoms. The lowest BCUT2D eigenvalue weighted by Crippen LogP contribution is -2.22. The van der Waals surface area contributed by atoms with E-state index in [-0.39, 0.29) is 5.56 Å². The van der Waals surface area contributed by atoms with Gasteiger partial charge in [0, 0.05) is 14.1 Å². The van der Waals surface area contributed by atoms with Crippen LogP contribution in [0.3, 0.4) is 0 Å². The topological polar surface area (TPSA) is 68.5 Å². The normalized spacial score (nSPS) is 10.9. The smallest absolute Gasteiger partial charge is 0.277 e. The zero-order valence-electron chi connectivity index (χ0n) is 10.8. The Hall–Kier alpha value is -2.06. The summed E-state index contributed by atoms with van der Waals surface area (Å²) >= 11 is 6.66. The first-order valence-electron chi connectivity index (χ1n) is 5.82. The molecule has 0 amide bonds. The fraction of sp³-hybridized carbons (Fsp3) is 0.167. The summed E-state index contributed by atoms with van der Waals surface area (Å²) in [5.74, 6) is 0.510. The number of rotatable bonds is 2. The molecule has 0 atom stereocenters. The van der Waals surface area contributed by atoms with E-state index < -0.39 is 0 Å². The largest absolute Gasteiger partial charge is 0.303 e. The van der Waals surface area contributed by atoms with Crippen molar-refractivity contribution in [2.24, 2.45) is 14.1 Å². The molecule has 20 heavy (non-hydrogen) atoms. The summed E-state index contributed by atoms with van der Waals surface area (Å²) in [5, 5.41) is 13.1. The second-order valence-electron chi connectivity index (χ2n) is 4.26. The van der Waals surface area contributed by atoms with Crippen LogP contribution in [0.25, 0.3) is 22.0 Å². The van der Waals surface area contributed by atoms with Gasteiger partial charge in [-0.25, -0.2) is 4.68 Å². The van der Waals surface area contributed by atoms with Gasteiger partial charge in [-0.2, -0.15) is 10.2 Å². The van der Waals surface area contributed by atoms with E-state index in [0.717, 1.165) is 10.6 Å². The van der Waals surface area contributed by atoms with Gasteiger partial charge in [-0.05, 0) is 29.7 Å². The average molecular weight is 305 g/mol. The molecular formula is C12H11N5OS2. The van der Waals surface area contributed by atoms with Crippen molar-refractivity contribution in [3.05, 3.63) is 38.7 Å². The lowest BCUT2D eigenvalue weighted by atomic mass is 10.2. The number of hydrogen-bond acceptors (Lipinski definition) is 5. The van der Waals surface area contributed by atoms with E-state index in [1.54, 1.807) is 36.1 Å². The highest BCUT2D eigenvalue weighted by molar-refractivity contribution is 7.71. The zero-order chi connectivity index (χ0) is 14.3. The van der Waals surface area contributed by atoms with Crippen LogP contribution in [0.1, 0.15) is 0 Å². The number of H-pyrrole nitrogens is 1. The van der Waals surface area contributed by atoms with E-state index in [1.807, 2.05) is 17.5 Å². The molecule has 0 bridgehead atoms. The highest BCUT2D eigenvalue weighted by Gasteiger charge is 2.14. The summed E-state index contributed by atoms with van der Waals surface area (Å²) in [4.78, 5) is 13.3. The van der Waals surface area contributed by atoms with Gasteiger partial charge in [0.05, 0.1) is 10.4 Å². The Morgan fingerprint density at radius 2 is 2.20 bits per heavy atom. The first-order valence-corrected chi connectivity index (χ1v) is 7.10. The Bertz CT molecular complexity index is 872. The van der Waals surface area contributed by atoms with E-state index in [4.69, 9.17) is 12.2 Å². The van der Waals surface area contributed by atoms with Gasteiger partial charge < -0.3 is 4.57 Å². The Kier molecular flexibility index (Phi) is 3.11. The van der Waals surface area contributed by atoms with Gasteiger partial charge in [0.25, 0.3) is 5.56 Å². The van der Waals surface area contributed by atoms with Crippen molar-refractivity contribution >= 4 is 23.6 Å². The van der Waals surface area contributed by atoms with E-state index >= 15 is 0 Å². The van der Waals surface area contributed by atoms with Gasteiger partial charge >= 0.3 is 0 Å². The van der Waals surface area contributed by atoms with Gasteiger partial charge in [-0.15, -0.1) is 11.3 Å². The highest BCUT2D eigenvalue weighted by Crippen LogP contribution is 2.24. The molecule has 0 aliphatic rings. The predicted octanol–water partition coefficient (Wildman–Crippen LogP) is 1.97. The second-order valence-corrected chi connectivity index (χ2v) is 5.60. The monoisotopic (exact) mass is 305 g/mol. The minimum atomic E-state index is -0.206. The number of thiophene rings is 1. The van der Waals surface area contributed by atoms with Gasteiger partial charge in [-0.1, -0.05) is 6.07 Å². The van der Waals surface area contributed by atoms with E-state index in [0.29, 0.717) is 16.2 Å². The maximum Gasteiger partial charge on any atom is 0.277 e. The molecule has 3 rings (SSSR count). The molecule has 3 heterocycles. The van der Waals surface area contributed by atoms with Gasteiger partial charge in [0.1, 0.15) is 5.69 Å². The van der Waals surface area contributed by atoms with Crippen molar-refractivity contribution in [2.45, 2.75) is 0 Å². The van der Waals surface area contributed by atoms with Crippen molar-refractivity contribution in [3.63, 3.8) is 0 Å². The molecule has 0 aliphatic carbocycles. The number of nitrogens with zero attached hydrogens (tertiary/aromatic N) is 4. The van der Waals surface area contributed by atoms with Crippen molar-refractivity contribution < 1.29 is 0 Å². The standard InChI is InChI=1S/C12H11N5OS2/c1-16-10(13-14-12(16)19)7-6-8(9-4-3-5-20-9)15-17(2)11(7)18/h3-6H,1-2H3,(H,14,19). The maximum atomic E-state index is 12.3. The number of aromatic amines is 1. The molecule has 3 aromatic rings. The maximum absolute atomic E-state index is 12.3. The zero-order valence-corrected chi connectivity index (χ0v) is 12.5. The second kappa shape index (κ2) is 4.80. The molecular weight excluding hydrogens is 294 g/mol. The molecule has 6 nitrogen and oxygen atoms in total. The number of aryl methyl sites for hydroxylation is 1. The first-order chi connectivity index (χ1) is 9.58. The van der Waals surface area contributed by atoms with Crippen molar-refractivity contribution in [3.8, 4) is 22.0 Å². The molecule has 0 radical (unpaired) electrons. The van der Waals surface area contributed by atoms with Crippen molar-refractivity contribution in [2.75, 3.05) is 0 Å². The Labute approximate surface area is 123 Å². The van der Waals surface area contributed by atoms with Crippen LogP contribution in [0, 0.1) is 4.77 Å². The Morgan fingerprint density at radius 1 is 1.40 bits per heavy atom. The SMILES string of the molecule is Cn1nc(-c2cccs2)cc(-c2n[nH]c(=S)n2C)c1=O. The molecule has 0 unspecified atom stereocenters. The summed E-state index contributed by atoms with van der Waals surface area (Å²) in [7, 11) is 3.40. The van der Waals surface area contributed by atoms with Crippen LogP contribution in [0.5, 0.6) is 0 Å². The van der Waals surface area contributed by atoms with Crippen LogP contribution < -0.4 is 5.56 Å². The van der Waals surface area contributed by atoms with E-state index in [9.17, 15) is 4.79 Å². The third-order valence-corrected chi connectivity index (χ3v) is 4.21. The van der Waals surface area contributed by atoms with Crippen molar-refractivity contribution in [1.82, 2.24) is 24.5 Å². The van der Waals surface area contributed by atoms with Crippen LogP contribution in [0.15, 0.2) is 28.4 Å². The number of aromatic nitrogens is 5. The van der Waals surface area contributed by atoms with Crippen LogP contribution in [-0.2, 0) is 14.1 Å². The molecule has 8 heteroatoms. The minimum absolute atomic E-state index is 0.206. The average Bonchev–Trinajstić information content (AvgIpc) is 3.05. The fourth-order valence-electron chi connectivity index (χ4n) is 1.90. The number of nitrogens with one attached hydrogen (secondary N) is 1. The van der Waals surface area contributed by atoms with E-state index in [1.165, 1.54) is 4.68 Å². The fourth-order valence-corrected chi connectivity index (χ4v) is 2.71. The van der Waals surface area contributed by atoms with Crippen molar-refractivity contribution in [1.29, 1.82) is 0 Å². The number of hydrogen-bond donors (Lipinski definition) is 1. The lowest BCUT2D eigenvalue weighted by Gasteiger charge is -2.05. The van der Waals surface area contributed by atoms with Crippen LogP contribution in [0.4, 0.5) is 0 Å². The van der Waals surface area contributed by atoms with Gasteiger partial charge in [-0.3, -0.25) is 9.89 Å². The quantitative estimate of drug-likeness (QED) is 0.735. The van der Waals surface area contributed by atoms with Crippen LogP contribution in [0.2, 0.25) is 0 Å². The van der Waals surface area contributed by atoms with Crippen LogP contribution in [-0.4, -0.2) is 24.5 Å². The molecule has 1 N–H and O–H groups in total. The third kappa shape index (κ3) is 2.02. The van der Waals surface area contributed by atoms with Gasteiger partial charge in [0.15, 0.2) is 10.6 Å². The predicted molar refractivity (Wildman–Crippen MR) is 80.2 cm³/mol. The lowest BCUT2D eigenvalue weighted by molar-refractivity contribution is 0.712. The summed E-state index contributed by atoms with van der Waals surface area (Å²) in [6, 6.07) is 5.66. The van der Waals surface area contributed by atoms with E-state index in [2.05, 4.69) is 15.3 Å². The molecule has 0 saturated carbocycles. The molecule has 0 fully saturated rings. The highest BCUT2D eigenvalue weighted by atomic mass is 32.1.